The minimum Gasteiger partial charge on any atom is -0.480 e. The van der Waals surface area contributed by atoms with Gasteiger partial charge in [-0.2, -0.15) is 0 Å². The Hall–Kier alpha value is -3.08. The quantitative estimate of drug-likeness (QED) is 0.416. The number of hydrogen-bond donors (Lipinski definition) is 1. The molecular formula is C23H25F2N3O5S. The van der Waals surface area contributed by atoms with Crippen LogP contribution >= 0.6 is 0 Å². The fourth-order valence-electron chi connectivity index (χ4n) is 4.81. The number of imidazole rings is 1. The van der Waals surface area contributed by atoms with Crippen molar-refractivity contribution in [3.63, 3.8) is 0 Å². The number of sulfone groups is 1. The molecular weight excluding hydrogens is 468 g/mol. The third-order valence-electron chi connectivity index (χ3n) is 6.69. The predicted octanol–water partition coefficient (Wildman–Crippen LogP) is 3.40. The molecule has 0 bridgehead atoms. The van der Waals surface area contributed by atoms with Crippen molar-refractivity contribution in [3.05, 3.63) is 58.6 Å². The van der Waals surface area contributed by atoms with Gasteiger partial charge in [0.2, 0.25) is 0 Å². The van der Waals surface area contributed by atoms with E-state index in [-0.39, 0.29) is 28.5 Å². The first kappa shape index (κ1) is 24.1. The van der Waals surface area contributed by atoms with E-state index in [4.69, 9.17) is 0 Å². The Bertz CT molecular complexity index is 1400. The summed E-state index contributed by atoms with van der Waals surface area (Å²) in [6.45, 7) is 1.47. The number of benzene rings is 1. The van der Waals surface area contributed by atoms with Gasteiger partial charge in [0.1, 0.15) is 6.54 Å². The van der Waals surface area contributed by atoms with Gasteiger partial charge in [0.25, 0.3) is 0 Å². The van der Waals surface area contributed by atoms with Crippen LogP contribution < -0.4 is 5.69 Å². The second-order valence-corrected chi connectivity index (χ2v) is 10.9. The zero-order valence-corrected chi connectivity index (χ0v) is 19.3. The van der Waals surface area contributed by atoms with Crippen molar-refractivity contribution in [1.29, 1.82) is 0 Å². The molecule has 1 aromatic carbocycles. The molecule has 0 spiro atoms. The maximum absolute atomic E-state index is 13.6. The highest BCUT2D eigenvalue weighted by Gasteiger charge is 2.32. The van der Waals surface area contributed by atoms with Crippen molar-refractivity contribution in [1.82, 2.24) is 14.1 Å². The lowest BCUT2D eigenvalue weighted by atomic mass is 9.91. The summed E-state index contributed by atoms with van der Waals surface area (Å²) in [5, 5.41) is 9.23. The number of rotatable bonds is 6. The Labute approximate surface area is 194 Å². The van der Waals surface area contributed by atoms with E-state index in [0.29, 0.717) is 42.9 Å². The second-order valence-electron chi connectivity index (χ2n) is 8.88. The average molecular weight is 494 g/mol. The zero-order valence-electron chi connectivity index (χ0n) is 18.5. The topological polar surface area (TPSA) is 111 Å². The van der Waals surface area contributed by atoms with Gasteiger partial charge in [0.05, 0.1) is 16.2 Å². The molecule has 3 atom stereocenters. The van der Waals surface area contributed by atoms with E-state index in [1.54, 1.807) is 18.3 Å². The Balaban J connectivity index is 1.60. The summed E-state index contributed by atoms with van der Waals surface area (Å²) in [5.74, 6) is -3.88. The summed E-state index contributed by atoms with van der Waals surface area (Å²) in [5.41, 5.74) is 0.380. The molecule has 0 aliphatic heterocycles. The number of fused-ring (bicyclic) bond motifs is 1. The number of halogens is 2. The first-order valence-corrected chi connectivity index (χ1v) is 12.7. The molecule has 1 N–H and O–H groups in total. The molecule has 0 amide bonds. The molecule has 1 saturated carbocycles. The van der Waals surface area contributed by atoms with Crippen LogP contribution in [0.4, 0.5) is 8.78 Å². The SMILES string of the molecule is CC1CCC(n2c(=O)n(CC(=O)O)c3cccnc32)CCC1CS(=O)(=O)c1ccc(F)c(F)c1. The Kier molecular flexibility index (Phi) is 6.57. The Morgan fingerprint density at radius 1 is 1.15 bits per heavy atom. The summed E-state index contributed by atoms with van der Waals surface area (Å²) in [6, 6.07) is 5.61. The fourth-order valence-corrected chi connectivity index (χ4v) is 6.62. The fraction of sp³-hybridized carbons (Fsp3) is 0.435. The Morgan fingerprint density at radius 3 is 2.59 bits per heavy atom. The number of hydrogen-bond acceptors (Lipinski definition) is 5. The van der Waals surface area contributed by atoms with Crippen LogP contribution in [0.5, 0.6) is 0 Å². The molecule has 2 aromatic heterocycles. The van der Waals surface area contributed by atoms with Gasteiger partial charge in [-0.05, 0) is 67.9 Å². The lowest BCUT2D eigenvalue weighted by molar-refractivity contribution is -0.137. The number of aromatic nitrogens is 3. The number of nitrogens with zero attached hydrogens (tertiary/aromatic N) is 3. The van der Waals surface area contributed by atoms with Crippen LogP contribution in [0.15, 0.2) is 46.2 Å². The largest absolute Gasteiger partial charge is 0.480 e. The summed E-state index contributed by atoms with van der Waals surface area (Å²) >= 11 is 0. The van der Waals surface area contributed by atoms with Gasteiger partial charge >= 0.3 is 11.7 Å². The van der Waals surface area contributed by atoms with Crippen LogP contribution in [0, 0.1) is 23.5 Å². The Morgan fingerprint density at radius 2 is 1.88 bits per heavy atom. The standard InChI is InChI=1S/C23H25F2N3O5S/c1-14-4-6-16(28-22-20(3-2-10-26-22)27(23(28)31)12-21(29)30)7-5-15(14)13-34(32,33)17-8-9-18(24)19(25)11-17/h2-3,8-11,14-16H,4-7,12-13H2,1H3,(H,29,30). The van der Waals surface area contributed by atoms with E-state index >= 15 is 0 Å². The van der Waals surface area contributed by atoms with Crippen molar-refractivity contribution >= 4 is 27.0 Å². The summed E-state index contributed by atoms with van der Waals surface area (Å²) in [4.78, 5) is 28.5. The number of aliphatic carboxylic acids is 1. The molecule has 0 radical (unpaired) electrons. The van der Waals surface area contributed by atoms with E-state index in [0.717, 1.165) is 12.1 Å². The molecule has 11 heteroatoms. The van der Waals surface area contributed by atoms with Crippen molar-refractivity contribution in [3.8, 4) is 0 Å². The van der Waals surface area contributed by atoms with E-state index in [1.165, 1.54) is 9.13 Å². The minimum absolute atomic E-state index is 0.0149. The van der Waals surface area contributed by atoms with Crippen molar-refractivity contribution in [2.45, 2.75) is 50.1 Å². The van der Waals surface area contributed by atoms with E-state index in [2.05, 4.69) is 4.98 Å². The molecule has 4 rings (SSSR count). The van der Waals surface area contributed by atoms with Crippen molar-refractivity contribution in [2.75, 3.05) is 5.75 Å². The van der Waals surface area contributed by atoms with Gasteiger partial charge in [0, 0.05) is 12.2 Å². The lowest BCUT2D eigenvalue weighted by Crippen LogP contribution is -2.29. The number of carbonyl (C=O) groups is 1. The zero-order chi connectivity index (χ0) is 24.6. The van der Waals surface area contributed by atoms with E-state index < -0.39 is 39.7 Å². The van der Waals surface area contributed by atoms with Crippen LogP contribution in [-0.2, 0) is 21.2 Å². The average Bonchev–Trinajstić information content (AvgIpc) is 2.92. The van der Waals surface area contributed by atoms with E-state index in [1.807, 2.05) is 6.92 Å². The third-order valence-corrected chi connectivity index (χ3v) is 8.53. The first-order valence-electron chi connectivity index (χ1n) is 11.0. The third kappa shape index (κ3) is 4.61. The van der Waals surface area contributed by atoms with Gasteiger partial charge < -0.3 is 5.11 Å². The molecule has 182 valence electrons. The number of carboxylic acids is 1. The molecule has 0 saturated heterocycles. The molecule has 34 heavy (non-hydrogen) atoms. The van der Waals surface area contributed by atoms with Gasteiger partial charge in [-0.1, -0.05) is 6.92 Å². The van der Waals surface area contributed by atoms with Crippen LogP contribution in [0.1, 0.15) is 38.6 Å². The maximum Gasteiger partial charge on any atom is 0.331 e. The number of pyridine rings is 1. The van der Waals surface area contributed by atoms with Crippen LogP contribution in [-0.4, -0.2) is 39.4 Å². The summed E-state index contributed by atoms with van der Waals surface area (Å²) < 4.78 is 55.3. The highest BCUT2D eigenvalue weighted by Crippen LogP contribution is 2.36. The molecule has 3 aromatic rings. The van der Waals surface area contributed by atoms with Gasteiger partial charge in [0.15, 0.2) is 27.1 Å². The first-order chi connectivity index (χ1) is 16.1. The molecule has 2 heterocycles. The van der Waals surface area contributed by atoms with Crippen molar-refractivity contribution < 1.29 is 27.1 Å². The second kappa shape index (κ2) is 9.28. The normalized spacial score (nSPS) is 21.4. The lowest BCUT2D eigenvalue weighted by Gasteiger charge is -2.21. The number of carboxylic acid groups (broad SMARTS) is 1. The smallest absolute Gasteiger partial charge is 0.331 e. The molecule has 8 nitrogen and oxygen atoms in total. The summed E-state index contributed by atoms with van der Waals surface area (Å²) in [7, 11) is -3.84. The minimum atomic E-state index is -3.84. The maximum atomic E-state index is 13.6. The molecule has 1 aliphatic rings. The van der Waals surface area contributed by atoms with Gasteiger partial charge in [-0.15, -0.1) is 0 Å². The van der Waals surface area contributed by atoms with Gasteiger partial charge in [-0.3, -0.25) is 13.9 Å². The van der Waals surface area contributed by atoms with Gasteiger partial charge in [-0.25, -0.2) is 27.0 Å². The molecule has 1 fully saturated rings. The van der Waals surface area contributed by atoms with E-state index in [9.17, 15) is 31.9 Å². The van der Waals surface area contributed by atoms with Crippen LogP contribution in [0.2, 0.25) is 0 Å². The predicted molar refractivity (Wildman–Crippen MR) is 120 cm³/mol. The molecule has 1 aliphatic carbocycles. The highest BCUT2D eigenvalue weighted by atomic mass is 32.2. The monoisotopic (exact) mass is 493 g/mol. The molecule has 3 unspecified atom stereocenters. The van der Waals surface area contributed by atoms with Crippen LogP contribution in [0.25, 0.3) is 11.2 Å². The summed E-state index contributed by atoms with van der Waals surface area (Å²) in [6.07, 6.45) is 3.80. The highest BCUT2D eigenvalue weighted by molar-refractivity contribution is 7.91. The van der Waals surface area contributed by atoms with Crippen LogP contribution in [0.3, 0.4) is 0 Å². The van der Waals surface area contributed by atoms with Crippen molar-refractivity contribution in [2.24, 2.45) is 11.8 Å².